The minimum absolute atomic E-state index is 0.0339. The number of nitrogens with zero attached hydrogens (tertiary/aromatic N) is 1. The second-order valence-corrected chi connectivity index (χ2v) is 5.15. The summed E-state index contributed by atoms with van der Waals surface area (Å²) < 4.78 is 20.0. The van der Waals surface area contributed by atoms with Crippen LogP contribution >= 0.6 is 0 Å². The van der Waals surface area contributed by atoms with Crippen molar-refractivity contribution in [2.24, 2.45) is 0 Å². The Morgan fingerprint density at radius 3 is 2.74 bits per heavy atom. The number of H-pyrrole nitrogens is 1. The lowest BCUT2D eigenvalue weighted by Gasteiger charge is -2.12. The van der Waals surface area contributed by atoms with Gasteiger partial charge in [-0.1, -0.05) is 25.1 Å². The van der Waals surface area contributed by atoms with Gasteiger partial charge in [0.15, 0.2) is 5.82 Å². The van der Waals surface area contributed by atoms with Crippen LogP contribution in [0.15, 0.2) is 24.3 Å². The number of carbonyl (C=O) groups excluding carboxylic acids is 1. The van der Waals surface area contributed by atoms with E-state index in [0.29, 0.717) is 17.2 Å². The van der Waals surface area contributed by atoms with Gasteiger partial charge >= 0.3 is 5.97 Å². The maximum atomic E-state index is 14.9. The molecule has 5 heteroatoms. The van der Waals surface area contributed by atoms with Crippen LogP contribution in [-0.2, 0) is 11.2 Å². The summed E-state index contributed by atoms with van der Waals surface area (Å²) in [5.74, 6) is -1.16. The maximum absolute atomic E-state index is 14.9. The third-order valence-corrected chi connectivity index (χ3v) is 3.94. The molecule has 4 nitrogen and oxygen atoms in total. The van der Waals surface area contributed by atoms with Crippen LogP contribution in [0, 0.1) is 17.1 Å². The molecule has 2 aromatic carbocycles. The number of nitrogens with one attached hydrogen (secondary N) is 1. The van der Waals surface area contributed by atoms with Crippen LogP contribution in [0.5, 0.6) is 0 Å². The minimum Gasteiger partial charge on any atom is -0.462 e. The van der Waals surface area contributed by atoms with Crippen molar-refractivity contribution in [1.82, 2.24) is 4.98 Å². The molecule has 0 amide bonds. The van der Waals surface area contributed by atoms with Crippen LogP contribution in [0.2, 0.25) is 0 Å². The van der Waals surface area contributed by atoms with Gasteiger partial charge in [-0.05, 0) is 19.4 Å². The minimum atomic E-state index is -0.660. The van der Waals surface area contributed by atoms with E-state index < -0.39 is 11.8 Å². The molecule has 3 aromatic rings. The number of benzene rings is 2. The van der Waals surface area contributed by atoms with E-state index in [-0.39, 0.29) is 28.8 Å². The first kappa shape index (κ1) is 15.0. The quantitative estimate of drug-likeness (QED) is 0.742. The van der Waals surface area contributed by atoms with Crippen LogP contribution in [-0.4, -0.2) is 17.6 Å². The van der Waals surface area contributed by atoms with Crippen molar-refractivity contribution in [2.75, 3.05) is 6.61 Å². The summed E-state index contributed by atoms with van der Waals surface area (Å²) in [5, 5.41) is 10.8. The smallest absolute Gasteiger partial charge is 0.339 e. The van der Waals surface area contributed by atoms with Crippen molar-refractivity contribution in [3.05, 3.63) is 46.8 Å². The molecule has 1 N–H and O–H groups in total. The highest BCUT2D eigenvalue weighted by atomic mass is 19.1. The highest BCUT2D eigenvalue weighted by molar-refractivity contribution is 6.14. The number of halogens is 1. The average molecular weight is 310 g/mol. The van der Waals surface area contributed by atoms with Gasteiger partial charge < -0.3 is 9.72 Å². The highest BCUT2D eigenvalue weighted by Gasteiger charge is 2.26. The number of carbonyl (C=O) groups is 1. The molecule has 3 rings (SSSR count). The van der Waals surface area contributed by atoms with Gasteiger partial charge in [0.1, 0.15) is 6.07 Å². The number of nitriles is 1. The lowest BCUT2D eigenvalue weighted by atomic mass is 9.94. The van der Waals surface area contributed by atoms with E-state index >= 15 is 0 Å². The van der Waals surface area contributed by atoms with Crippen LogP contribution in [0.25, 0.3) is 21.8 Å². The number of aromatic amines is 1. The monoisotopic (exact) mass is 310 g/mol. The number of aromatic nitrogens is 1. The largest absolute Gasteiger partial charge is 0.462 e. The number of esters is 1. The van der Waals surface area contributed by atoms with Gasteiger partial charge in [0.05, 0.1) is 23.3 Å². The fourth-order valence-electron chi connectivity index (χ4n) is 2.98. The summed E-state index contributed by atoms with van der Waals surface area (Å²) in [5.41, 5.74) is 1.38. The van der Waals surface area contributed by atoms with E-state index in [4.69, 9.17) is 4.74 Å². The van der Waals surface area contributed by atoms with Crippen LogP contribution in [0.3, 0.4) is 0 Å². The van der Waals surface area contributed by atoms with E-state index in [1.54, 1.807) is 19.9 Å². The number of hydrogen-bond donors (Lipinski definition) is 1. The number of fused-ring (bicyclic) bond motifs is 3. The summed E-state index contributed by atoms with van der Waals surface area (Å²) in [6, 6.07) is 9.32. The Labute approximate surface area is 132 Å². The number of hydrogen-bond acceptors (Lipinski definition) is 3. The van der Waals surface area contributed by atoms with Gasteiger partial charge in [0.25, 0.3) is 0 Å². The van der Waals surface area contributed by atoms with E-state index in [0.717, 1.165) is 5.52 Å². The lowest BCUT2D eigenvalue weighted by molar-refractivity contribution is 0.0524. The van der Waals surface area contributed by atoms with Crippen molar-refractivity contribution in [3.63, 3.8) is 0 Å². The Hall–Kier alpha value is -2.87. The SMILES string of the molecule is CCOC(=O)c1c(CC)c(F)c2[nH]c3ccccc3c2c1C#N. The van der Waals surface area contributed by atoms with Crippen molar-refractivity contribution < 1.29 is 13.9 Å². The van der Waals surface area contributed by atoms with Crippen molar-refractivity contribution >= 4 is 27.8 Å². The van der Waals surface area contributed by atoms with E-state index in [1.807, 2.05) is 18.2 Å². The average Bonchev–Trinajstić information content (AvgIpc) is 2.95. The summed E-state index contributed by atoms with van der Waals surface area (Å²) >= 11 is 0. The fourth-order valence-corrected chi connectivity index (χ4v) is 2.98. The molecule has 1 heterocycles. The molecule has 23 heavy (non-hydrogen) atoms. The Bertz CT molecular complexity index is 967. The molecule has 0 bridgehead atoms. The standard InChI is InChI=1S/C18H15FN2O2/c1-3-10-15(18(22)23-4-2)12(9-20)14-11-7-5-6-8-13(11)21-17(14)16(10)19/h5-8,21H,3-4H2,1-2H3. The first-order chi connectivity index (χ1) is 11.1. The summed E-state index contributed by atoms with van der Waals surface area (Å²) in [6.45, 7) is 3.59. The molecule has 0 unspecified atom stereocenters. The molecule has 0 spiro atoms. The topological polar surface area (TPSA) is 65.9 Å². The Kier molecular flexibility index (Phi) is 3.75. The molecule has 0 fully saturated rings. The molecule has 0 aliphatic carbocycles. The Morgan fingerprint density at radius 2 is 2.09 bits per heavy atom. The summed E-state index contributed by atoms with van der Waals surface area (Å²) in [7, 11) is 0. The van der Waals surface area contributed by atoms with Crippen LogP contribution in [0.1, 0.15) is 35.3 Å². The molecule has 0 saturated carbocycles. The highest BCUT2D eigenvalue weighted by Crippen LogP contribution is 2.35. The predicted molar refractivity (Wildman–Crippen MR) is 85.8 cm³/mol. The molecule has 0 aliphatic rings. The molecule has 0 atom stereocenters. The fraction of sp³-hybridized carbons (Fsp3) is 0.222. The van der Waals surface area contributed by atoms with Gasteiger partial charge in [0.2, 0.25) is 0 Å². The zero-order valence-electron chi connectivity index (χ0n) is 12.9. The predicted octanol–water partition coefficient (Wildman–Crippen LogP) is 4.07. The Balaban J connectivity index is 2.53. The second kappa shape index (κ2) is 5.73. The van der Waals surface area contributed by atoms with E-state index in [1.165, 1.54) is 0 Å². The van der Waals surface area contributed by atoms with Gasteiger partial charge in [0, 0.05) is 21.9 Å². The lowest BCUT2D eigenvalue weighted by Crippen LogP contribution is -2.12. The molecule has 0 aliphatic heterocycles. The molecule has 1 aromatic heterocycles. The van der Waals surface area contributed by atoms with Gasteiger partial charge in [-0.25, -0.2) is 9.18 Å². The zero-order chi connectivity index (χ0) is 16.6. The first-order valence-corrected chi connectivity index (χ1v) is 7.45. The van der Waals surface area contributed by atoms with Gasteiger partial charge in [-0.3, -0.25) is 0 Å². The van der Waals surface area contributed by atoms with Crippen molar-refractivity contribution in [1.29, 1.82) is 5.26 Å². The second-order valence-electron chi connectivity index (χ2n) is 5.15. The first-order valence-electron chi connectivity index (χ1n) is 7.45. The van der Waals surface area contributed by atoms with Crippen LogP contribution < -0.4 is 0 Å². The summed E-state index contributed by atoms with van der Waals surface area (Å²) in [4.78, 5) is 15.3. The van der Waals surface area contributed by atoms with Gasteiger partial charge in [-0.2, -0.15) is 5.26 Å². The van der Waals surface area contributed by atoms with Crippen LogP contribution in [0.4, 0.5) is 4.39 Å². The number of rotatable bonds is 3. The number of ether oxygens (including phenoxy) is 1. The van der Waals surface area contributed by atoms with Crippen molar-refractivity contribution in [2.45, 2.75) is 20.3 Å². The molecular formula is C18H15FN2O2. The molecular weight excluding hydrogens is 295 g/mol. The normalized spacial score (nSPS) is 10.9. The molecule has 116 valence electrons. The number of para-hydroxylation sites is 1. The van der Waals surface area contributed by atoms with Gasteiger partial charge in [-0.15, -0.1) is 0 Å². The third-order valence-electron chi connectivity index (χ3n) is 3.94. The maximum Gasteiger partial charge on any atom is 0.339 e. The molecule has 0 radical (unpaired) electrons. The summed E-state index contributed by atoms with van der Waals surface area (Å²) in [6.07, 6.45) is 0.292. The van der Waals surface area contributed by atoms with Crippen molar-refractivity contribution in [3.8, 4) is 6.07 Å². The third kappa shape index (κ3) is 2.15. The zero-order valence-corrected chi connectivity index (χ0v) is 12.9. The Morgan fingerprint density at radius 1 is 1.35 bits per heavy atom. The molecule has 0 saturated heterocycles. The van der Waals surface area contributed by atoms with E-state index in [9.17, 15) is 14.4 Å². The van der Waals surface area contributed by atoms with E-state index in [2.05, 4.69) is 11.1 Å².